The summed E-state index contributed by atoms with van der Waals surface area (Å²) in [5.74, 6) is -2.25. The number of rotatable bonds is 0. The first-order chi connectivity index (χ1) is 10.6. The van der Waals surface area contributed by atoms with E-state index in [0.29, 0.717) is 0 Å². The van der Waals surface area contributed by atoms with Crippen LogP contribution in [0.4, 0.5) is 0 Å². The van der Waals surface area contributed by atoms with Gasteiger partial charge in [-0.25, -0.2) is 4.79 Å². The molecule has 2 heterocycles. The van der Waals surface area contributed by atoms with Gasteiger partial charge in [0, 0.05) is 5.41 Å². The Morgan fingerprint density at radius 1 is 1.22 bits per heavy atom. The summed E-state index contributed by atoms with van der Waals surface area (Å²) in [5.41, 5.74) is -7.39. The van der Waals surface area contributed by atoms with Crippen molar-refractivity contribution < 1.29 is 39.5 Å². The van der Waals surface area contributed by atoms with E-state index < -0.39 is 58.2 Å². The molecule has 0 aromatic carbocycles. The Bertz CT molecular complexity index is 617. The molecule has 2 aliphatic heterocycles. The Labute approximate surface area is 132 Å². The fourth-order valence-electron chi connectivity index (χ4n) is 5.66. The first-order valence-electron chi connectivity index (χ1n) is 7.76. The van der Waals surface area contributed by atoms with Crippen molar-refractivity contribution in [3.8, 4) is 0 Å². The van der Waals surface area contributed by atoms with Crippen LogP contribution >= 0.6 is 0 Å². The van der Waals surface area contributed by atoms with Crippen LogP contribution in [0.1, 0.15) is 26.7 Å². The van der Waals surface area contributed by atoms with E-state index in [-0.39, 0.29) is 19.4 Å². The van der Waals surface area contributed by atoms with E-state index in [1.165, 1.54) is 6.92 Å². The molecule has 0 aromatic rings. The molecule has 4 fully saturated rings. The third-order valence-corrected chi connectivity index (χ3v) is 7.05. The molecule has 2 aliphatic carbocycles. The van der Waals surface area contributed by atoms with E-state index in [4.69, 9.17) is 9.47 Å². The molecule has 0 aromatic heterocycles. The second kappa shape index (κ2) is 3.88. The predicted octanol–water partition coefficient (Wildman–Crippen LogP) is -1.91. The van der Waals surface area contributed by atoms with Crippen LogP contribution in [0.25, 0.3) is 0 Å². The molecule has 0 amide bonds. The maximum Gasteiger partial charge on any atom is 0.336 e. The smallest absolute Gasteiger partial charge is 0.336 e. The molecule has 2 spiro atoms. The summed E-state index contributed by atoms with van der Waals surface area (Å²) >= 11 is 0. The Morgan fingerprint density at radius 3 is 2.39 bits per heavy atom. The van der Waals surface area contributed by atoms with E-state index >= 15 is 0 Å². The van der Waals surface area contributed by atoms with Crippen molar-refractivity contribution in [1.29, 1.82) is 0 Å². The Kier molecular flexibility index (Phi) is 2.58. The highest BCUT2D eigenvalue weighted by Crippen LogP contribution is 2.72. The summed E-state index contributed by atoms with van der Waals surface area (Å²) in [6, 6.07) is 0. The maximum absolute atomic E-state index is 12.4. The molecule has 4 aliphatic rings. The number of cyclic esters (lactones) is 1. The molecule has 0 radical (unpaired) electrons. The second-order valence-corrected chi connectivity index (χ2v) is 7.62. The van der Waals surface area contributed by atoms with Crippen molar-refractivity contribution >= 4 is 11.9 Å². The number of ether oxygens (including phenoxy) is 2. The highest BCUT2D eigenvalue weighted by Gasteiger charge is 2.89. The van der Waals surface area contributed by atoms with Crippen LogP contribution in [0.3, 0.4) is 0 Å². The zero-order chi connectivity index (χ0) is 17.0. The van der Waals surface area contributed by atoms with Gasteiger partial charge in [0.2, 0.25) is 0 Å². The topological polar surface area (TPSA) is 134 Å². The number of esters is 2. The van der Waals surface area contributed by atoms with Crippen LogP contribution in [-0.2, 0) is 19.1 Å². The molecule has 0 unspecified atom stereocenters. The van der Waals surface area contributed by atoms with Gasteiger partial charge < -0.3 is 29.9 Å². The van der Waals surface area contributed by atoms with Gasteiger partial charge in [0.25, 0.3) is 0 Å². The summed E-state index contributed by atoms with van der Waals surface area (Å²) in [4.78, 5) is 24.5. The Hall–Kier alpha value is -1.22. The van der Waals surface area contributed by atoms with Crippen LogP contribution in [-0.4, -0.2) is 68.5 Å². The Balaban J connectivity index is 2.04. The molecule has 2 saturated heterocycles. The van der Waals surface area contributed by atoms with Crippen molar-refractivity contribution in [2.75, 3.05) is 6.61 Å². The van der Waals surface area contributed by atoms with Crippen LogP contribution < -0.4 is 0 Å². The van der Waals surface area contributed by atoms with Gasteiger partial charge >= 0.3 is 11.9 Å². The van der Waals surface area contributed by atoms with E-state index in [1.807, 2.05) is 0 Å². The minimum atomic E-state index is -2.17. The predicted molar refractivity (Wildman–Crippen MR) is 71.7 cm³/mol. The summed E-state index contributed by atoms with van der Waals surface area (Å²) < 4.78 is 10.0. The third-order valence-electron chi connectivity index (χ3n) is 7.05. The van der Waals surface area contributed by atoms with Gasteiger partial charge in [-0.05, 0) is 25.7 Å². The number of aliphatic hydroxyl groups is 4. The second-order valence-electron chi connectivity index (χ2n) is 7.62. The van der Waals surface area contributed by atoms with Gasteiger partial charge in [-0.15, -0.1) is 0 Å². The fourth-order valence-corrected chi connectivity index (χ4v) is 5.66. The minimum absolute atomic E-state index is 0.0311. The molecule has 23 heavy (non-hydrogen) atoms. The van der Waals surface area contributed by atoms with Gasteiger partial charge in [0.05, 0.1) is 6.10 Å². The summed E-state index contributed by atoms with van der Waals surface area (Å²) in [6.07, 6.45) is -4.06. The van der Waals surface area contributed by atoms with E-state index in [9.17, 15) is 30.0 Å². The van der Waals surface area contributed by atoms with Crippen LogP contribution in [0.15, 0.2) is 0 Å². The molecule has 2 bridgehead atoms. The number of carbonyl (C=O) groups excluding carboxylic acids is 2. The third kappa shape index (κ3) is 1.18. The standard InChI is InChI=1S/C15H20O8/c1-6-3-7(16)15(21)13(6)4-8(23-10(18)9(13)17)12(2,20)14(15)5-22-11(14)19/h6-9,16-17,20-21H,3-5H2,1-2H3/t6-,7-,8+,9+,12+,13+,14+,15-/m1/s1. The Morgan fingerprint density at radius 2 is 1.87 bits per heavy atom. The number of aliphatic hydroxyl groups excluding tert-OH is 2. The SMILES string of the molecule is C[C@@H]1C[C@@H](O)[C@@]2(O)[C@@]13C[C@H](OC(=O)[C@@H]3O)[C@](C)(O)[C@@]21COC1=O. The molecule has 4 rings (SSSR count). The molecule has 2 saturated carbocycles. The molecular weight excluding hydrogens is 308 g/mol. The van der Waals surface area contributed by atoms with Crippen molar-refractivity contribution in [3.63, 3.8) is 0 Å². The van der Waals surface area contributed by atoms with Gasteiger partial charge in [-0.2, -0.15) is 0 Å². The van der Waals surface area contributed by atoms with Crippen molar-refractivity contribution in [3.05, 3.63) is 0 Å². The largest absolute Gasteiger partial charge is 0.464 e. The number of carbonyl (C=O) groups is 2. The van der Waals surface area contributed by atoms with E-state index in [0.717, 1.165) is 0 Å². The number of fused-ring (bicyclic) bond motifs is 2. The molecule has 8 heteroatoms. The highest BCUT2D eigenvalue weighted by atomic mass is 16.6. The molecule has 4 N–H and O–H groups in total. The van der Waals surface area contributed by atoms with Crippen molar-refractivity contribution in [1.82, 2.24) is 0 Å². The van der Waals surface area contributed by atoms with Crippen LogP contribution in [0.2, 0.25) is 0 Å². The highest BCUT2D eigenvalue weighted by molar-refractivity contribution is 5.88. The molecule has 8 atom stereocenters. The minimum Gasteiger partial charge on any atom is -0.464 e. The zero-order valence-corrected chi connectivity index (χ0v) is 12.9. The summed E-state index contributed by atoms with van der Waals surface area (Å²) in [6.45, 7) is 2.71. The van der Waals surface area contributed by atoms with E-state index in [2.05, 4.69) is 0 Å². The average Bonchev–Trinajstić information content (AvgIpc) is 2.64. The van der Waals surface area contributed by atoms with Gasteiger partial charge in [-0.1, -0.05) is 6.92 Å². The lowest BCUT2D eigenvalue weighted by Gasteiger charge is -2.69. The van der Waals surface area contributed by atoms with Gasteiger partial charge in [-0.3, -0.25) is 4.79 Å². The number of hydrogen-bond acceptors (Lipinski definition) is 8. The van der Waals surface area contributed by atoms with Crippen molar-refractivity contribution in [2.24, 2.45) is 16.7 Å². The van der Waals surface area contributed by atoms with Crippen LogP contribution in [0, 0.1) is 16.7 Å². The molecule has 8 nitrogen and oxygen atoms in total. The average molecular weight is 328 g/mol. The van der Waals surface area contributed by atoms with Gasteiger partial charge in [0.1, 0.15) is 23.9 Å². The number of hydrogen-bond donors (Lipinski definition) is 4. The molecular formula is C15H20O8. The van der Waals surface area contributed by atoms with E-state index in [1.54, 1.807) is 6.92 Å². The molecule has 128 valence electrons. The zero-order valence-electron chi connectivity index (χ0n) is 12.9. The quantitative estimate of drug-likeness (QED) is 0.379. The fraction of sp³-hybridized carbons (Fsp3) is 0.867. The first kappa shape index (κ1) is 15.3. The normalized spacial score (nSPS) is 60.8. The monoisotopic (exact) mass is 328 g/mol. The maximum atomic E-state index is 12.4. The first-order valence-corrected chi connectivity index (χ1v) is 7.76. The summed E-state index contributed by atoms with van der Waals surface area (Å²) in [5, 5.41) is 43.7. The summed E-state index contributed by atoms with van der Waals surface area (Å²) in [7, 11) is 0. The van der Waals surface area contributed by atoms with Crippen LogP contribution in [0.5, 0.6) is 0 Å². The van der Waals surface area contributed by atoms with Crippen molar-refractivity contribution in [2.45, 2.75) is 56.2 Å². The lowest BCUT2D eigenvalue weighted by molar-refractivity contribution is -0.371. The lowest BCUT2D eigenvalue weighted by atomic mass is 9.42. The van der Waals surface area contributed by atoms with Gasteiger partial charge in [0.15, 0.2) is 11.5 Å². The lowest BCUT2D eigenvalue weighted by Crippen LogP contribution is -2.87.